The third-order valence-corrected chi connectivity index (χ3v) is 4.25. The summed E-state index contributed by atoms with van der Waals surface area (Å²) in [6, 6.07) is 0. The minimum Gasteiger partial charge on any atom is -0.242 e. The Morgan fingerprint density at radius 2 is 2.36 bits per heavy atom. The predicted octanol–water partition coefficient (Wildman–Crippen LogP) is 2.46. The Balaban J connectivity index is 2.34. The zero-order valence-corrected chi connectivity index (χ0v) is 10.8. The van der Waals surface area contributed by atoms with Gasteiger partial charge in [0.2, 0.25) is 0 Å². The molecule has 0 amide bonds. The maximum Gasteiger partial charge on any atom is 0.154 e. The molecule has 11 heavy (non-hydrogen) atoms. The standard InChI is InChI=1S/C6H6I2N2S/c7-6-9-4-1-2-10(8)3-5(4)11-6/h1-3H2. The minimum absolute atomic E-state index is 1.08. The van der Waals surface area contributed by atoms with E-state index >= 15 is 0 Å². The van der Waals surface area contributed by atoms with Crippen molar-refractivity contribution in [1.29, 1.82) is 0 Å². The Kier molecular flexibility index (Phi) is 2.69. The molecule has 0 atom stereocenters. The molecule has 0 spiro atoms. The molecule has 1 aliphatic heterocycles. The highest BCUT2D eigenvalue weighted by molar-refractivity contribution is 14.1. The molecule has 0 N–H and O–H groups in total. The van der Waals surface area contributed by atoms with E-state index in [2.05, 4.69) is 53.6 Å². The second kappa shape index (κ2) is 3.43. The molecule has 0 saturated carbocycles. The van der Waals surface area contributed by atoms with E-state index < -0.39 is 0 Å². The summed E-state index contributed by atoms with van der Waals surface area (Å²) in [5.74, 6) is 0. The summed E-state index contributed by atoms with van der Waals surface area (Å²) in [6.45, 7) is 2.23. The molecule has 60 valence electrons. The van der Waals surface area contributed by atoms with Crippen LogP contribution in [0, 0.1) is 3.01 Å². The number of fused-ring (bicyclic) bond motifs is 1. The Labute approximate surface area is 97.0 Å². The first-order valence-electron chi connectivity index (χ1n) is 3.30. The SMILES string of the molecule is Ic1nc2c(s1)CN(I)CC2. The molecular weight excluding hydrogens is 386 g/mol. The fraction of sp³-hybridized carbons (Fsp3) is 0.500. The zero-order valence-electron chi connectivity index (χ0n) is 5.68. The third kappa shape index (κ3) is 1.86. The molecule has 2 nitrogen and oxygen atoms in total. The monoisotopic (exact) mass is 392 g/mol. The molecule has 1 aliphatic rings. The first kappa shape index (κ1) is 8.64. The van der Waals surface area contributed by atoms with Crippen LogP contribution in [0.3, 0.4) is 0 Å². The summed E-state index contributed by atoms with van der Waals surface area (Å²) in [6.07, 6.45) is 1.12. The van der Waals surface area contributed by atoms with Crippen LogP contribution in [0.25, 0.3) is 0 Å². The second-order valence-corrected chi connectivity index (χ2v) is 6.63. The second-order valence-electron chi connectivity index (χ2n) is 2.43. The van der Waals surface area contributed by atoms with Crippen molar-refractivity contribution in [2.75, 3.05) is 6.54 Å². The van der Waals surface area contributed by atoms with Crippen LogP contribution in [0.15, 0.2) is 0 Å². The highest BCUT2D eigenvalue weighted by atomic mass is 127. The number of thiazole rings is 1. The van der Waals surface area contributed by atoms with Crippen molar-refractivity contribution < 1.29 is 0 Å². The fourth-order valence-electron chi connectivity index (χ4n) is 1.13. The maximum atomic E-state index is 4.46. The third-order valence-electron chi connectivity index (χ3n) is 1.66. The van der Waals surface area contributed by atoms with Crippen molar-refractivity contribution in [3.05, 3.63) is 13.6 Å². The summed E-state index contributed by atoms with van der Waals surface area (Å²) in [4.78, 5) is 5.91. The fourth-order valence-corrected chi connectivity index (χ4v) is 3.88. The van der Waals surface area contributed by atoms with Crippen molar-refractivity contribution in [2.45, 2.75) is 13.0 Å². The zero-order chi connectivity index (χ0) is 7.84. The van der Waals surface area contributed by atoms with Crippen LogP contribution >= 0.6 is 56.8 Å². The molecule has 1 aromatic rings. The summed E-state index contributed by atoms with van der Waals surface area (Å²) in [5, 5.41) is 0. The summed E-state index contributed by atoms with van der Waals surface area (Å²) >= 11 is 6.49. The number of aromatic nitrogens is 1. The topological polar surface area (TPSA) is 16.1 Å². The van der Waals surface area contributed by atoms with Gasteiger partial charge in [-0.15, -0.1) is 11.3 Å². The first-order chi connectivity index (χ1) is 5.25. The lowest BCUT2D eigenvalue weighted by Gasteiger charge is -2.18. The van der Waals surface area contributed by atoms with Crippen LogP contribution in [0.4, 0.5) is 0 Å². The van der Waals surface area contributed by atoms with Crippen LogP contribution < -0.4 is 0 Å². The lowest BCUT2D eigenvalue weighted by molar-refractivity contribution is 0.482. The van der Waals surface area contributed by atoms with Gasteiger partial charge in [0.15, 0.2) is 3.01 Å². The molecule has 0 unspecified atom stereocenters. The predicted molar refractivity (Wildman–Crippen MR) is 63.0 cm³/mol. The van der Waals surface area contributed by atoms with Crippen molar-refractivity contribution in [3.63, 3.8) is 0 Å². The van der Waals surface area contributed by atoms with E-state index in [0.29, 0.717) is 0 Å². The normalized spacial score (nSPS) is 18.4. The van der Waals surface area contributed by atoms with Gasteiger partial charge in [-0.2, -0.15) is 0 Å². The van der Waals surface area contributed by atoms with Gasteiger partial charge in [-0.1, -0.05) is 0 Å². The number of nitrogens with zero attached hydrogens (tertiary/aromatic N) is 2. The van der Waals surface area contributed by atoms with Crippen molar-refractivity contribution >= 4 is 56.8 Å². The number of hydrogen-bond donors (Lipinski definition) is 0. The molecule has 1 aromatic heterocycles. The molecule has 0 saturated heterocycles. The van der Waals surface area contributed by atoms with Gasteiger partial charge >= 0.3 is 0 Å². The van der Waals surface area contributed by atoms with E-state index in [1.54, 1.807) is 0 Å². The number of rotatable bonds is 0. The Morgan fingerprint density at radius 3 is 3.18 bits per heavy atom. The summed E-state index contributed by atoms with van der Waals surface area (Å²) in [5.41, 5.74) is 1.33. The van der Waals surface area contributed by atoms with E-state index in [1.807, 2.05) is 11.3 Å². The van der Waals surface area contributed by atoms with E-state index in [4.69, 9.17) is 0 Å². The van der Waals surface area contributed by atoms with Gasteiger partial charge in [0, 0.05) is 47.3 Å². The minimum atomic E-state index is 1.08. The van der Waals surface area contributed by atoms with Crippen molar-refractivity contribution in [2.24, 2.45) is 0 Å². The van der Waals surface area contributed by atoms with Gasteiger partial charge in [-0.25, -0.2) is 8.10 Å². The van der Waals surface area contributed by atoms with Crippen LogP contribution in [0.5, 0.6) is 0 Å². The lowest BCUT2D eigenvalue weighted by Crippen LogP contribution is -2.20. The van der Waals surface area contributed by atoms with Gasteiger partial charge in [-0.05, 0) is 22.6 Å². The van der Waals surface area contributed by atoms with E-state index in [1.165, 1.54) is 13.6 Å². The van der Waals surface area contributed by atoms with Gasteiger partial charge in [-0.3, -0.25) is 0 Å². The highest BCUT2D eigenvalue weighted by Gasteiger charge is 2.17. The molecule has 2 heterocycles. The van der Waals surface area contributed by atoms with Crippen LogP contribution in [-0.4, -0.2) is 14.6 Å². The molecule has 0 fully saturated rings. The van der Waals surface area contributed by atoms with E-state index in [9.17, 15) is 0 Å². The lowest BCUT2D eigenvalue weighted by atomic mass is 10.2. The van der Waals surface area contributed by atoms with Gasteiger partial charge in [0.1, 0.15) is 0 Å². The molecule has 0 bridgehead atoms. The van der Waals surface area contributed by atoms with Crippen LogP contribution in [-0.2, 0) is 13.0 Å². The number of hydrogen-bond acceptors (Lipinski definition) is 3. The van der Waals surface area contributed by atoms with E-state index in [0.717, 1.165) is 19.5 Å². The molecule has 0 radical (unpaired) electrons. The number of halogens is 2. The van der Waals surface area contributed by atoms with Gasteiger partial charge in [0.25, 0.3) is 0 Å². The quantitative estimate of drug-likeness (QED) is 0.499. The maximum absolute atomic E-state index is 4.46. The van der Waals surface area contributed by atoms with Gasteiger partial charge < -0.3 is 0 Å². The van der Waals surface area contributed by atoms with E-state index in [-0.39, 0.29) is 0 Å². The van der Waals surface area contributed by atoms with Gasteiger partial charge in [0.05, 0.1) is 5.69 Å². The molecule has 0 aliphatic carbocycles. The van der Waals surface area contributed by atoms with Crippen molar-refractivity contribution in [1.82, 2.24) is 8.10 Å². The molecular formula is C6H6I2N2S. The average molecular weight is 392 g/mol. The first-order valence-corrected chi connectivity index (χ1v) is 6.16. The molecule has 5 heteroatoms. The largest absolute Gasteiger partial charge is 0.242 e. The van der Waals surface area contributed by atoms with Crippen molar-refractivity contribution in [3.8, 4) is 0 Å². The summed E-state index contributed by atoms with van der Waals surface area (Å²) in [7, 11) is 0. The van der Waals surface area contributed by atoms with Crippen LogP contribution in [0.1, 0.15) is 10.6 Å². The highest BCUT2D eigenvalue weighted by Crippen LogP contribution is 2.27. The summed E-state index contributed by atoms with van der Waals surface area (Å²) < 4.78 is 3.49. The molecule has 2 rings (SSSR count). The smallest absolute Gasteiger partial charge is 0.154 e. The Morgan fingerprint density at radius 1 is 1.55 bits per heavy atom. The molecule has 0 aromatic carbocycles. The van der Waals surface area contributed by atoms with Crippen LogP contribution in [0.2, 0.25) is 0 Å². The Hall–Kier alpha value is 1.05. The average Bonchev–Trinajstić information content (AvgIpc) is 2.27. The Bertz CT molecular complexity index is 274.